The van der Waals surface area contributed by atoms with Gasteiger partial charge in [-0.3, -0.25) is 9.59 Å². The first-order chi connectivity index (χ1) is 12.0. The number of nitrogens with one attached hydrogen (secondary N) is 3. The van der Waals surface area contributed by atoms with Crippen LogP contribution in [0.25, 0.3) is 17.7 Å². The van der Waals surface area contributed by atoms with Crippen molar-refractivity contribution in [2.75, 3.05) is 0 Å². The Morgan fingerprint density at radius 3 is 2.40 bits per heavy atom. The summed E-state index contributed by atoms with van der Waals surface area (Å²) in [4.78, 5) is 36.8. The largest absolute Gasteiger partial charge is 0.344 e. The van der Waals surface area contributed by atoms with Crippen LogP contribution in [0.15, 0.2) is 46.8 Å². The van der Waals surface area contributed by atoms with Crippen molar-refractivity contribution in [2.45, 2.75) is 6.92 Å². The first-order valence-corrected chi connectivity index (χ1v) is 7.83. The van der Waals surface area contributed by atoms with Gasteiger partial charge < -0.3 is 15.0 Å². The van der Waals surface area contributed by atoms with Crippen LogP contribution in [0.4, 0.5) is 0 Å². The van der Waals surface area contributed by atoms with Crippen LogP contribution in [0.3, 0.4) is 0 Å². The summed E-state index contributed by atoms with van der Waals surface area (Å²) < 4.78 is 0. The van der Waals surface area contributed by atoms with E-state index in [9.17, 15) is 9.59 Å². The molecule has 0 aliphatic rings. The standard InChI is InChI=1S/C18H15ClN4O2/c1-10(2)16-13(20-9-21-16)8-15-18(25)22-14(17(24)23-15)7-11-5-3-4-6-12(11)19/h3-9H,1H2,2H3,(H,20,21)(H,22,25)(H,23,24)/b14-7-,15-8-. The molecular weight excluding hydrogens is 340 g/mol. The molecule has 3 aromatic rings. The number of halogens is 1. The van der Waals surface area contributed by atoms with Gasteiger partial charge in [0.15, 0.2) is 0 Å². The van der Waals surface area contributed by atoms with Crippen LogP contribution in [-0.4, -0.2) is 19.9 Å². The molecule has 6 nitrogen and oxygen atoms in total. The number of H-pyrrole nitrogens is 3. The van der Waals surface area contributed by atoms with E-state index in [0.29, 0.717) is 22.0 Å². The molecule has 0 unspecified atom stereocenters. The zero-order chi connectivity index (χ0) is 18.0. The molecule has 0 aliphatic carbocycles. The average Bonchev–Trinajstić information content (AvgIpc) is 3.02. The van der Waals surface area contributed by atoms with Gasteiger partial charge in [0.25, 0.3) is 11.1 Å². The third kappa shape index (κ3) is 3.54. The zero-order valence-electron chi connectivity index (χ0n) is 13.4. The first kappa shape index (κ1) is 16.7. The van der Waals surface area contributed by atoms with Crippen LogP contribution in [0.5, 0.6) is 0 Å². The second-order valence-electron chi connectivity index (χ2n) is 5.49. The van der Waals surface area contributed by atoms with Crippen LogP contribution >= 0.6 is 11.6 Å². The van der Waals surface area contributed by atoms with Gasteiger partial charge in [0.1, 0.15) is 10.7 Å². The molecule has 0 bridgehead atoms. The van der Waals surface area contributed by atoms with E-state index >= 15 is 0 Å². The van der Waals surface area contributed by atoms with Gasteiger partial charge in [-0.15, -0.1) is 0 Å². The summed E-state index contributed by atoms with van der Waals surface area (Å²) >= 11 is 6.08. The molecule has 3 rings (SSSR count). The summed E-state index contributed by atoms with van der Waals surface area (Å²) in [5, 5.41) is 0.717. The predicted molar refractivity (Wildman–Crippen MR) is 98.8 cm³/mol. The number of allylic oxidation sites excluding steroid dienone is 1. The molecule has 0 aliphatic heterocycles. The topological polar surface area (TPSA) is 94.4 Å². The van der Waals surface area contributed by atoms with Gasteiger partial charge in [-0.1, -0.05) is 36.4 Å². The van der Waals surface area contributed by atoms with Crippen LogP contribution in [-0.2, 0) is 0 Å². The molecule has 1 aromatic carbocycles. The van der Waals surface area contributed by atoms with Gasteiger partial charge in [-0.05, 0) is 36.3 Å². The van der Waals surface area contributed by atoms with Gasteiger partial charge in [0, 0.05) is 5.02 Å². The minimum atomic E-state index is -0.437. The summed E-state index contributed by atoms with van der Waals surface area (Å²) in [5.41, 5.74) is 1.76. The minimum absolute atomic E-state index is 0.107. The van der Waals surface area contributed by atoms with Gasteiger partial charge in [0.05, 0.1) is 17.7 Å². The number of imidazole rings is 1. The van der Waals surface area contributed by atoms with Crippen LogP contribution in [0.2, 0.25) is 5.02 Å². The SMILES string of the molecule is C=C(C)c1[nH]cnc1/C=c1\[nH]c(=O)/c(=C/c2ccccc2Cl)[nH]c1=O. The third-order valence-corrected chi connectivity index (χ3v) is 3.91. The highest BCUT2D eigenvalue weighted by atomic mass is 35.5. The quantitative estimate of drug-likeness (QED) is 0.658. The Morgan fingerprint density at radius 2 is 1.76 bits per heavy atom. The normalized spacial score (nSPS) is 12.6. The Morgan fingerprint density at radius 1 is 1.12 bits per heavy atom. The van der Waals surface area contributed by atoms with E-state index in [1.54, 1.807) is 24.3 Å². The Hall–Kier alpha value is -3.12. The Labute approximate surface area is 147 Å². The monoisotopic (exact) mass is 354 g/mol. The van der Waals surface area contributed by atoms with E-state index in [0.717, 1.165) is 5.57 Å². The summed E-state index contributed by atoms with van der Waals surface area (Å²) in [5.74, 6) is 0. The molecular formula is C18H15ClN4O2. The number of hydrogen-bond donors (Lipinski definition) is 3. The first-order valence-electron chi connectivity index (χ1n) is 7.45. The summed E-state index contributed by atoms with van der Waals surface area (Å²) in [6, 6.07) is 7.04. The molecule has 2 aromatic heterocycles. The number of hydrogen-bond acceptors (Lipinski definition) is 3. The molecule has 0 spiro atoms. The molecule has 2 heterocycles. The van der Waals surface area contributed by atoms with E-state index in [1.807, 2.05) is 6.92 Å². The van der Waals surface area contributed by atoms with Gasteiger partial charge >= 0.3 is 0 Å². The molecule has 3 N–H and O–H groups in total. The molecule has 0 fully saturated rings. The molecule has 126 valence electrons. The molecule has 0 radical (unpaired) electrons. The van der Waals surface area contributed by atoms with Crippen molar-refractivity contribution < 1.29 is 0 Å². The maximum absolute atomic E-state index is 12.3. The van der Waals surface area contributed by atoms with Crippen molar-refractivity contribution in [3.63, 3.8) is 0 Å². The number of nitrogens with zero attached hydrogens (tertiary/aromatic N) is 1. The van der Waals surface area contributed by atoms with Crippen molar-refractivity contribution in [2.24, 2.45) is 0 Å². The fraction of sp³-hybridized carbons (Fsp3) is 0.0556. The Kier molecular flexibility index (Phi) is 4.54. The van der Waals surface area contributed by atoms with Gasteiger partial charge in [0.2, 0.25) is 0 Å². The van der Waals surface area contributed by atoms with Crippen molar-refractivity contribution in [1.29, 1.82) is 0 Å². The molecule has 7 heteroatoms. The fourth-order valence-corrected chi connectivity index (χ4v) is 2.53. The van der Waals surface area contributed by atoms with E-state index in [2.05, 4.69) is 26.5 Å². The number of rotatable bonds is 3. The van der Waals surface area contributed by atoms with Gasteiger partial charge in [-0.25, -0.2) is 4.98 Å². The number of aromatic amines is 3. The van der Waals surface area contributed by atoms with Crippen molar-refractivity contribution in [3.05, 3.63) is 90.6 Å². The highest BCUT2D eigenvalue weighted by Crippen LogP contribution is 2.14. The second kappa shape index (κ2) is 6.78. The molecule has 0 saturated heterocycles. The lowest BCUT2D eigenvalue weighted by atomic mass is 10.2. The maximum atomic E-state index is 12.3. The lowest BCUT2D eigenvalue weighted by molar-refractivity contribution is 1.00. The lowest BCUT2D eigenvalue weighted by Gasteiger charge is -1.97. The Balaban J connectivity index is 2.17. The van der Waals surface area contributed by atoms with Crippen molar-refractivity contribution in [1.82, 2.24) is 19.9 Å². The van der Waals surface area contributed by atoms with E-state index < -0.39 is 11.1 Å². The lowest BCUT2D eigenvalue weighted by Crippen LogP contribution is -2.46. The summed E-state index contributed by atoms with van der Waals surface area (Å²) in [6.45, 7) is 5.66. The Bertz CT molecular complexity index is 1180. The molecule has 0 atom stereocenters. The number of benzene rings is 1. The highest BCUT2D eigenvalue weighted by Gasteiger charge is 2.05. The summed E-state index contributed by atoms with van der Waals surface area (Å²) in [7, 11) is 0. The number of aromatic nitrogens is 4. The van der Waals surface area contributed by atoms with Crippen LogP contribution < -0.4 is 21.8 Å². The van der Waals surface area contributed by atoms with E-state index in [4.69, 9.17) is 11.6 Å². The highest BCUT2D eigenvalue weighted by molar-refractivity contribution is 6.32. The smallest absolute Gasteiger partial charge is 0.272 e. The van der Waals surface area contributed by atoms with E-state index in [1.165, 1.54) is 18.5 Å². The molecule has 0 amide bonds. The van der Waals surface area contributed by atoms with Crippen molar-refractivity contribution >= 4 is 29.3 Å². The third-order valence-electron chi connectivity index (χ3n) is 3.57. The zero-order valence-corrected chi connectivity index (χ0v) is 14.1. The fourth-order valence-electron chi connectivity index (χ4n) is 2.34. The molecule has 25 heavy (non-hydrogen) atoms. The average molecular weight is 355 g/mol. The minimum Gasteiger partial charge on any atom is -0.344 e. The molecule has 0 saturated carbocycles. The second-order valence-corrected chi connectivity index (χ2v) is 5.90. The van der Waals surface area contributed by atoms with Crippen molar-refractivity contribution in [3.8, 4) is 0 Å². The summed E-state index contributed by atoms with van der Waals surface area (Å²) in [6.07, 6.45) is 4.53. The van der Waals surface area contributed by atoms with E-state index in [-0.39, 0.29) is 10.7 Å². The van der Waals surface area contributed by atoms with Gasteiger partial charge in [-0.2, -0.15) is 0 Å². The predicted octanol–water partition coefficient (Wildman–Crippen LogP) is 1.13. The van der Waals surface area contributed by atoms with Crippen LogP contribution in [0, 0.1) is 0 Å². The maximum Gasteiger partial charge on any atom is 0.272 e. The van der Waals surface area contributed by atoms with Crippen LogP contribution in [0.1, 0.15) is 23.9 Å².